The van der Waals surface area contributed by atoms with Gasteiger partial charge in [0, 0.05) is 70.8 Å². The van der Waals surface area contributed by atoms with Crippen molar-refractivity contribution in [3.63, 3.8) is 0 Å². The first kappa shape index (κ1) is 23.1. The van der Waals surface area contributed by atoms with Crippen LogP contribution in [-0.2, 0) is 0 Å². The van der Waals surface area contributed by atoms with Gasteiger partial charge in [0.05, 0.1) is 16.9 Å². The number of fused-ring (bicyclic) bond motifs is 3. The van der Waals surface area contributed by atoms with E-state index in [2.05, 4.69) is 64.8 Å². The summed E-state index contributed by atoms with van der Waals surface area (Å²) in [6.45, 7) is 20.1. The Kier molecular flexibility index (Phi) is 9.91. The van der Waals surface area contributed by atoms with Gasteiger partial charge in [-0.05, 0) is 27.7 Å². The minimum Gasteiger partial charge on any atom is -0.300 e. The van der Waals surface area contributed by atoms with Crippen molar-refractivity contribution in [3.8, 4) is 0 Å². The number of rotatable bonds is 5. The molecule has 2 aliphatic heterocycles. The summed E-state index contributed by atoms with van der Waals surface area (Å²) >= 11 is 14.1. The van der Waals surface area contributed by atoms with Crippen molar-refractivity contribution in [1.82, 2.24) is 24.5 Å². The van der Waals surface area contributed by atoms with Crippen LogP contribution >= 0.6 is 37.9 Å². The Balaban J connectivity index is 2.07. The van der Waals surface area contributed by atoms with Crippen LogP contribution in [-0.4, -0.2) is 112 Å². The van der Waals surface area contributed by atoms with Crippen molar-refractivity contribution in [2.45, 2.75) is 50.0 Å². The summed E-state index contributed by atoms with van der Waals surface area (Å²) in [5.41, 5.74) is 0. The minimum absolute atomic E-state index is 0.196. The van der Waals surface area contributed by atoms with Gasteiger partial charge in [0.25, 0.3) is 0 Å². The maximum atomic E-state index is 4.70. The number of hydrogen-bond donors (Lipinski definition) is 3. The molecule has 2 bridgehead atoms. The van der Waals surface area contributed by atoms with Gasteiger partial charge in [0.15, 0.2) is 0 Å². The molecule has 2 fully saturated rings. The zero-order valence-corrected chi connectivity index (χ0v) is 19.6. The van der Waals surface area contributed by atoms with E-state index in [1.54, 1.807) is 0 Å². The highest BCUT2D eigenvalue weighted by molar-refractivity contribution is 7.81. The standard InChI is InChI=1S/C18H39N5S3/c1-15(23(17(3)25)18(4)26)21-11-7-19-5-6-20(8-12-21)10-14-22(13-9-19)16(2)24/h15-18,24-26H,5-14H2,1-4H3. The van der Waals surface area contributed by atoms with Crippen LogP contribution in [0.1, 0.15) is 27.7 Å². The molecule has 6 atom stereocenters. The molecule has 0 saturated carbocycles. The average molecular weight is 422 g/mol. The average Bonchev–Trinajstić information content (AvgIpc) is 2.70. The molecule has 2 aliphatic rings. The second-order valence-electron chi connectivity index (χ2n) is 7.73. The van der Waals surface area contributed by atoms with E-state index in [-0.39, 0.29) is 10.7 Å². The van der Waals surface area contributed by atoms with E-state index in [4.69, 9.17) is 25.3 Å². The molecule has 0 spiro atoms. The van der Waals surface area contributed by atoms with E-state index in [0.717, 1.165) is 52.4 Å². The first-order valence-electron chi connectivity index (χ1n) is 10.0. The first-order chi connectivity index (χ1) is 12.3. The lowest BCUT2D eigenvalue weighted by molar-refractivity contribution is 0.0364. The van der Waals surface area contributed by atoms with Crippen molar-refractivity contribution in [1.29, 1.82) is 0 Å². The van der Waals surface area contributed by atoms with Gasteiger partial charge in [0.1, 0.15) is 0 Å². The monoisotopic (exact) mass is 421 g/mol. The van der Waals surface area contributed by atoms with Gasteiger partial charge in [-0.2, -0.15) is 37.9 Å². The molecule has 5 nitrogen and oxygen atoms in total. The van der Waals surface area contributed by atoms with E-state index < -0.39 is 0 Å². The van der Waals surface area contributed by atoms with Crippen molar-refractivity contribution in [3.05, 3.63) is 0 Å². The molecule has 26 heavy (non-hydrogen) atoms. The highest BCUT2D eigenvalue weighted by atomic mass is 32.1. The molecule has 8 heteroatoms. The lowest BCUT2D eigenvalue weighted by atomic mass is 10.3. The van der Waals surface area contributed by atoms with Crippen molar-refractivity contribution < 1.29 is 0 Å². The van der Waals surface area contributed by atoms with Crippen molar-refractivity contribution >= 4 is 37.9 Å². The van der Waals surface area contributed by atoms with Gasteiger partial charge in [-0.25, -0.2) is 0 Å². The fourth-order valence-electron chi connectivity index (χ4n) is 4.13. The molecule has 0 aromatic rings. The molecular formula is C18H39N5S3. The van der Waals surface area contributed by atoms with Crippen molar-refractivity contribution in [2.75, 3.05) is 65.4 Å². The fourth-order valence-corrected chi connectivity index (χ4v) is 5.25. The third-order valence-electron chi connectivity index (χ3n) is 5.90. The van der Waals surface area contributed by atoms with Crippen LogP contribution in [0.5, 0.6) is 0 Å². The quantitative estimate of drug-likeness (QED) is 0.461. The molecule has 0 aromatic carbocycles. The molecule has 154 valence electrons. The molecular weight excluding hydrogens is 382 g/mol. The van der Waals surface area contributed by atoms with E-state index in [1.165, 1.54) is 13.1 Å². The van der Waals surface area contributed by atoms with Crippen LogP contribution in [0.2, 0.25) is 0 Å². The molecule has 6 unspecified atom stereocenters. The summed E-state index contributed by atoms with van der Waals surface area (Å²) in [6, 6.07) is 0. The molecule has 0 amide bonds. The predicted molar refractivity (Wildman–Crippen MR) is 123 cm³/mol. The second-order valence-corrected chi connectivity index (χ2v) is 9.97. The van der Waals surface area contributed by atoms with Crippen molar-refractivity contribution in [2.24, 2.45) is 0 Å². The fraction of sp³-hybridized carbons (Fsp3) is 1.00. The number of hydrogen-bond acceptors (Lipinski definition) is 8. The summed E-state index contributed by atoms with van der Waals surface area (Å²) in [7, 11) is 0. The largest absolute Gasteiger partial charge is 0.300 e. The molecule has 2 saturated heterocycles. The SMILES string of the molecule is CC(S)N1CCN2CCN(CC1)CCN(C(C)N(C(C)S)C(C)S)CC2. The Labute approximate surface area is 177 Å². The first-order valence-corrected chi connectivity index (χ1v) is 11.6. The molecule has 0 N–H and O–H groups in total. The highest BCUT2D eigenvalue weighted by Crippen LogP contribution is 2.19. The molecule has 0 aliphatic carbocycles. The zero-order chi connectivity index (χ0) is 19.3. The van der Waals surface area contributed by atoms with Crippen LogP contribution in [0.4, 0.5) is 0 Å². The molecule has 0 radical (unpaired) electrons. The summed E-state index contributed by atoms with van der Waals surface area (Å²) in [4.78, 5) is 12.8. The lowest BCUT2D eigenvalue weighted by Gasteiger charge is -2.42. The second kappa shape index (κ2) is 11.1. The molecule has 0 aromatic heterocycles. The summed E-state index contributed by atoms with van der Waals surface area (Å²) < 4.78 is 0. The van der Waals surface area contributed by atoms with Gasteiger partial charge in [-0.1, -0.05) is 0 Å². The summed E-state index contributed by atoms with van der Waals surface area (Å²) in [5, 5.41) is 0.724. The zero-order valence-electron chi connectivity index (χ0n) is 17.0. The van der Waals surface area contributed by atoms with Gasteiger partial charge in [0.2, 0.25) is 0 Å². The molecule has 2 heterocycles. The van der Waals surface area contributed by atoms with E-state index in [9.17, 15) is 0 Å². The number of thiol groups is 3. The maximum absolute atomic E-state index is 4.70. The normalized spacial score (nSPS) is 31.8. The predicted octanol–water partition coefficient (Wildman–Crippen LogP) is 1.70. The van der Waals surface area contributed by atoms with Crippen LogP contribution < -0.4 is 0 Å². The Morgan fingerprint density at radius 1 is 0.577 bits per heavy atom. The third kappa shape index (κ3) is 6.72. The topological polar surface area (TPSA) is 16.2 Å². The van der Waals surface area contributed by atoms with Gasteiger partial charge >= 0.3 is 0 Å². The number of nitrogens with zero attached hydrogens (tertiary/aromatic N) is 5. The van der Waals surface area contributed by atoms with E-state index in [0.29, 0.717) is 11.5 Å². The minimum atomic E-state index is 0.196. The Bertz CT molecular complexity index is 382. The van der Waals surface area contributed by atoms with Gasteiger partial charge in [-0.3, -0.25) is 24.5 Å². The highest BCUT2D eigenvalue weighted by Gasteiger charge is 2.28. The van der Waals surface area contributed by atoms with Crippen LogP contribution in [0.25, 0.3) is 0 Å². The molecule has 2 rings (SSSR count). The van der Waals surface area contributed by atoms with Crippen LogP contribution in [0, 0.1) is 0 Å². The third-order valence-corrected chi connectivity index (χ3v) is 6.76. The van der Waals surface area contributed by atoms with Crippen LogP contribution in [0.3, 0.4) is 0 Å². The smallest absolute Gasteiger partial charge is 0.0613 e. The maximum Gasteiger partial charge on any atom is 0.0613 e. The van der Waals surface area contributed by atoms with Crippen LogP contribution in [0.15, 0.2) is 0 Å². The van der Waals surface area contributed by atoms with E-state index in [1.807, 2.05) is 0 Å². The Morgan fingerprint density at radius 2 is 0.923 bits per heavy atom. The Hall–Kier alpha value is 0.850. The summed E-state index contributed by atoms with van der Waals surface area (Å²) in [5.74, 6) is 0. The lowest BCUT2D eigenvalue weighted by Crippen LogP contribution is -2.54. The van der Waals surface area contributed by atoms with E-state index >= 15 is 0 Å². The summed E-state index contributed by atoms with van der Waals surface area (Å²) in [6.07, 6.45) is 0.341. The van der Waals surface area contributed by atoms with Gasteiger partial charge < -0.3 is 0 Å². The van der Waals surface area contributed by atoms with Gasteiger partial charge in [-0.15, -0.1) is 0 Å². The Morgan fingerprint density at radius 3 is 1.27 bits per heavy atom.